The molecule has 0 radical (unpaired) electrons. The molecule has 2 rings (SSSR count). The molecule has 0 amide bonds. The van der Waals surface area contributed by atoms with Crippen LogP contribution in [0.1, 0.15) is 44.6 Å². The maximum Gasteiger partial charge on any atom is 0.309 e. The van der Waals surface area contributed by atoms with Crippen LogP contribution in [0.25, 0.3) is 0 Å². The lowest BCUT2D eigenvalue weighted by atomic mass is 9.67. The highest BCUT2D eigenvalue weighted by Crippen LogP contribution is 2.43. The minimum absolute atomic E-state index is 0.227. The average Bonchev–Trinajstić information content (AvgIpc) is 2.43. The van der Waals surface area contributed by atoms with E-state index < -0.39 is 11.4 Å². The lowest BCUT2D eigenvalue weighted by Gasteiger charge is -2.36. The Kier molecular flexibility index (Phi) is 4.69. The first-order chi connectivity index (χ1) is 9.47. The van der Waals surface area contributed by atoms with Crippen molar-refractivity contribution in [2.45, 2.75) is 45.4 Å². The van der Waals surface area contributed by atoms with E-state index >= 15 is 0 Å². The van der Waals surface area contributed by atoms with Crippen molar-refractivity contribution in [2.75, 3.05) is 0 Å². The first-order valence-electron chi connectivity index (χ1n) is 7.14. The maximum atomic E-state index is 13.8. The van der Waals surface area contributed by atoms with Gasteiger partial charge in [-0.05, 0) is 61.8 Å². The summed E-state index contributed by atoms with van der Waals surface area (Å²) in [6.45, 7) is 2.13. The van der Waals surface area contributed by atoms with Crippen molar-refractivity contribution < 1.29 is 14.3 Å². The molecule has 1 fully saturated rings. The van der Waals surface area contributed by atoms with Crippen LogP contribution in [0.15, 0.2) is 18.2 Å². The van der Waals surface area contributed by atoms with E-state index in [2.05, 4.69) is 6.92 Å². The van der Waals surface area contributed by atoms with Crippen LogP contribution in [-0.2, 0) is 11.2 Å². The Morgan fingerprint density at radius 3 is 2.65 bits per heavy atom. The van der Waals surface area contributed by atoms with Gasteiger partial charge in [0.05, 0.1) is 5.41 Å². The fourth-order valence-electron chi connectivity index (χ4n) is 3.15. The number of halogens is 2. The van der Waals surface area contributed by atoms with Crippen molar-refractivity contribution in [3.63, 3.8) is 0 Å². The Morgan fingerprint density at radius 1 is 1.45 bits per heavy atom. The van der Waals surface area contributed by atoms with Crippen molar-refractivity contribution in [2.24, 2.45) is 11.3 Å². The third-order valence-corrected chi connectivity index (χ3v) is 4.87. The first kappa shape index (κ1) is 15.3. The molecule has 0 bridgehead atoms. The Labute approximate surface area is 123 Å². The molecule has 110 valence electrons. The van der Waals surface area contributed by atoms with E-state index in [4.69, 9.17) is 11.6 Å². The molecular formula is C16H20ClFO2. The predicted molar refractivity (Wildman–Crippen MR) is 77.4 cm³/mol. The van der Waals surface area contributed by atoms with Crippen LogP contribution in [0.5, 0.6) is 0 Å². The van der Waals surface area contributed by atoms with Gasteiger partial charge in [0.1, 0.15) is 5.82 Å². The van der Waals surface area contributed by atoms with Gasteiger partial charge in [-0.3, -0.25) is 4.79 Å². The van der Waals surface area contributed by atoms with Gasteiger partial charge in [0, 0.05) is 5.02 Å². The smallest absolute Gasteiger partial charge is 0.309 e. The van der Waals surface area contributed by atoms with Gasteiger partial charge in [0.15, 0.2) is 0 Å². The van der Waals surface area contributed by atoms with Crippen LogP contribution in [0.2, 0.25) is 5.02 Å². The molecule has 2 nitrogen and oxygen atoms in total. The van der Waals surface area contributed by atoms with E-state index in [0.717, 1.165) is 19.3 Å². The zero-order valence-corrected chi connectivity index (χ0v) is 12.4. The Morgan fingerprint density at radius 2 is 2.10 bits per heavy atom. The van der Waals surface area contributed by atoms with E-state index in [1.54, 1.807) is 6.07 Å². The van der Waals surface area contributed by atoms with Crippen LogP contribution in [-0.4, -0.2) is 11.1 Å². The lowest BCUT2D eigenvalue weighted by Crippen LogP contribution is -2.37. The largest absolute Gasteiger partial charge is 0.481 e. The summed E-state index contributed by atoms with van der Waals surface area (Å²) in [5.41, 5.74) is -0.424. The van der Waals surface area contributed by atoms with Crippen LogP contribution >= 0.6 is 11.6 Å². The summed E-state index contributed by atoms with van der Waals surface area (Å²) in [6.07, 6.45) is 4.36. The van der Waals surface area contributed by atoms with Crippen molar-refractivity contribution in [1.82, 2.24) is 0 Å². The van der Waals surface area contributed by atoms with Crippen LogP contribution in [0.3, 0.4) is 0 Å². The third kappa shape index (κ3) is 3.14. The van der Waals surface area contributed by atoms with E-state index in [9.17, 15) is 14.3 Å². The van der Waals surface area contributed by atoms with E-state index in [1.165, 1.54) is 12.1 Å². The molecule has 0 heterocycles. The molecule has 1 aliphatic rings. The van der Waals surface area contributed by atoms with Gasteiger partial charge in [-0.2, -0.15) is 0 Å². The summed E-state index contributed by atoms with van der Waals surface area (Å²) in [7, 11) is 0. The number of rotatable bonds is 4. The fourth-order valence-corrected chi connectivity index (χ4v) is 3.34. The van der Waals surface area contributed by atoms with E-state index in [0.29, 0.717) is 29.3 Å². The zero-order chi connectivity index (χ0) is 14.8. The molecule has 0 unspecified atom stereocenters. The minimum Gasteiger partial charge on any atom is -0.481 e. The average molecular weight is 299 g/mol. The molecule has 1 aromatic carbocycles. The molecule has 0 aliphatic heterocycles. The molecule has 0 saturated heterocycles. The number of carboxylic acids is 1. The molecule has 0 spiro atoms. The third-order valence-electron chi connectivity index (χ3n) is 4.63. The van der Waals surface area contributed by atoms with E-state index in [-0.39, 0.29) is 12.2 Å². The molecule has 1 aromatic rings. The highest BCUT2D eigenvalue weighted by molar-refractivity contribution is 6.30. The van der Waals surface area contributed by atoms with Crippen molar-refractivity contribution >= 4 is 17.6 Å². The molecule has 20 heavy (non-hydrogen) atoms. The Balaban J connectivity index is 2.22. The molecule has 4 heteroatoms. The standard InChI is InChI=1S/C16H20ClFO2/c1-2-11-5-7-16(8-6-11,15(19)20)10-12-9-13(17)3-4-14(12)18/h3-4,9,11H,2,5-8,10H2,1H3,(H,19,20). The van der Waals surface area contributed by atoms with Gasteiger partial charge in [-0.15, -0.1) is 0 Å². The summed E-state index contributed by atoms with van der Waals surface area (Å²) >= 11 is 5.89. The summed E-state index contributed by atoms with van der Waals surface area (Å²) in [6, 6.07) is 4.35. The highest BCUT2D eigenvalue weighted by atomic mass is 35.5. The Hall–Kier alpha value is -1.09. The van der Waals surface area contributed by atoms with E-state index in [1.807, 2.05) is 0 Å². The second kappa shape index (κ2) is 6.13. The summed E-state index contributed by atoms with van der Waals surface area (Å²) in [5.74, 6) is -0.578. The quantitative estimate of drug-likeness (QED) is 0.875. The zero-order valence-electron chi connectivity index (χ0n) is 11.7. The monoisotopic (exact) mass is 298 g/mol. The fraction of sp³-hybridized carbons (Fsp3) is 0.562. The number of benzene rings is 1. The van der Waals surface area contributed by atoms with Crippen LogP contribution in [0.4, 0.5) is 4.39 Å². The lowest BCUT2D eigenvalue weighted by molar-refractivity contribution is -0.151. The highest BCUT2D eigenvalue weighted by Gasteiger charge is 2.42. The Bertz CT molecular complexity index is 493. The molecule has 1 saturated carbocycles. The number of aliphatic carboxylic acids is 1. The summed E-state index contributed by atoms with van der Waals surface area (Å²) in [4.78, 5) is 11.7. The first-order valence-corrected chi connectivity index (χ1v) is 7.52. The van der Waals surface area contributed by atoms with Gasteiger partial charge in [0.25, 0.3) is 0 Å². The second-order valence-corrected chi connectivity index (χ2v) is 6.29. The number of hydrogen-bond acceptors (Lipinski definition) is 1. The van der Waals surface area contributed by atoms with Gasteiger partial charge in [0.2, 0.25) is 0 Å². The molecule has 0 atom stereocenters. The normalized spacial score (nSPS) is 26.4. The molecule has 1 N–H and O–H groups in total. The summed E-state index contributed by atoms with van der Waals surface area (Å²) in [5, 5.41) is 10.1. The second-order valence-electron chi connectivity index (χ2n) is 5.85. The van der Waals surface area contributed by atoms with Gasteiger partial charge < -0.3 is 5.11 Å². The number of carboxylic acid groups (broad SMARTS) is 1. The van der Waals surface area contributed by atoms with Gasteiger partial charge in [-0.1, -0.05) is 24.9 Å². The molecule has 1 aliphatic carbocycles. The predicted octanol–water partition coefficient (Wildman–Crippen LogP) is 4.69. The van der Waals surface area contributed by atoms with Crippen molar-refractivity contribution in [3.8, 4) is 0 Å². The van der Waals surface area contributed by atoms with Crippen LogP contribution < -0.4 is 0 Å². The number of carbonyl (C=O) groups is 1. The minimum atomic E-state index is -0.836. The molecule has 0 aromatic heterocycles. The van der Waals surface area contributed by atoms with Gasteiger partial charge >= 0.3 is 5.97 Å². The van der Waals surface area contributed by atoms with Crippen molar-refractivity contribution in [3.05, 3.63) is 34.6 Å². The maximum absolute atomic E-state index is 13.8. The van der Waals surface area contributed by atoms with Crippen molar-refractivity contribution in [1.29, 1.82) is 0 Å². The SMILES string of the molecule is CCC1CCC(Cc2cc(Cl)ccc2F)(C(=O)O)CC1. The topological polar surface area (TPSA) is 37.3 Å². The summed E-state index contributed by atoms with van der Waals surface area (Å²) < 4.78 is 13.8. The van der Waals surface area contributed by atoms with Crippen LogP contribution in [0, 0.1) is 17.2 Å². The van der Waals surface area contributed by atoms with Gasteiger partial charge in [-0.25, -0.2) is 4.39 Å². The number of hydrogen-bond donors (Lipinski definition) is 1. The molecular weight excluding hydrogens is 279 g/mol.